The molecule has 9 heteroatoms. The summed E-state index contributed by atoms with van der Waals surface area (Å²) in [7, 11) is 8.66. The highest BCUT2D eigenvalue weighted by Gasteiger charge is 2.14. The third kappa shape index (κ3) is 10.1. The molecule has 2 atom stereocenters. The lowest BCUT2D eigenvalue weighted by Crippen LogP contribution is -2.45. The van der Waals surface area contributed by atoms with E-state index in [1.54, 1.807) is 49.2 Å². The van der Waals surface area contributed by atoms with Crippen molar-refractivity contribution in [3.63, 3.8) is 0 Å². The van der Waals surface area contributed by atoms with Gasteiger partial charge in [-0.05, 0) is 70.8 Å². The summed E-state index contributed by atoms with van der Waals surface area (Å²) in [4.78, 5) is 31.7. The molecule has 2 N–H and O–H groups in total. The predicted octanol–water partition coefficient (Wildman–Crippen LogP) is 4.52. The number of fused-ring (bicyclic) bond motifs is 2. The maximum atomic E-state index is 10.9. The van der Waals surface area contributed by atoms with E-state index in [9.17, 15) is 19.5 Å². The Morgan fingerprint density at radius 3 is 1.26 bits per heavy atom. The normalized spacial score (nSPS) is 12.2. The Bertz CT molecular complexity index is 1440. The first-order valence-corrected chi connectivity index (χ1v) is 13.3. The second kappa shape index (κ2) is 14.8. The molecule has 0 aliphatic carbocycles. The van der Waals surface area contributed by atoms with Gasteiger partial charge in [-0.25, -0.2) is 0 Å². The summed E-state index contributed by atoms with van der Waals surface area (Å²) in [6.07, 6.45) is 0. The van der Waals surface area contributed by atoms with E-state index in [0.717, 1.165) is 44.2 Å². The standard InChI is InChI=1S/2C14H14O3.C5H11NO2/c2*1-9(14(15)16)10-3-4-12-8-13(17-2)6-5-11(12)7-10;1-6(2,3)4-5(7)8/h2*3-9H,1-2H3,(H,15,16);4H2,1-3H3/t2*9-;/m00./s1. The average molecular weight is 578 g/mol. The zero-order valence-corrected chi connectivity index (χ0v) is 25.1. The molecular weight excluding hydrogens is 538 g/mol. The molecule has 0 saturated heterocycles. The van der Waals surface area contributed by atoms with Gasteiger partial charge in [-0.15, -0.1) is 0 Å². The Kier molecular flexibility index (Phi) is 11.9. The molecule has 0 amide bonds. The summed E-state index contributed by atoms with van der Waals surface area (Å²) in [5.41, 5.74) is 1.63. The Balaban J connectivity index is 0.000000236. The molecule has 0 spiro atoms. The molecule has 0 radical (unpaired) electrons. The van der Waals surface area contributed by atoms with Crippen LogP contribution in [0.1, 0.15) is 36.8 Å². The average Bonchev–Trinajstić information content (AvgIpc) is 2.94. The number of carbonyl (C=O) groups is 3. The molecular formula is C33H39NO8. The van der Waals surface area contributed by atoms with Gasteiger partial charge in [-0.1, -0.05) is 48.5 Å². The molecule has 0 fully saturated rings. The molecule has 0 saturated carbocycles. The van der Waals surface area contributed by atoms with Crippen molar-refractivity contribution >= 4 is 39.5 Å². The molecule has 4 aromatic carbocycles. The molecule has 0 unspecified atom stereocenters. The maximum absolute atomic E-state index is 10.9. The number of rotatable bonds is 8. The number of carboxylic acids is 3. The summed E-state index contributed by atoms with van der Waals surface area (Å²) in [5, 5.41) is 32.0. The fourth-order valence-corrected chi connectivity index (χ4v) is 3.95. The molecule has 0 aliphatic heterocycles. The van der Waals surface area contributed by atoms with E-state index < -0.39 is 29.7 Å². The van der Waals surface area contributed by atoms with Gasteiger partial charge in [-0.3, -0.25) is 9.59 Å². The minimum absolute atomic E-state index is 0.0694. The van der Waals surface area contributed by atoms with Crippen molar-refractivity contribution < 1.29 is 43.7 Å². The Morgan fingerprint density at radius 2 is 1.00 bits per heavy atom. The number of hydrogen-bond acceptors (Lipinski definition) is 6. The van der Waals surface area contributed by atoms with Crippen LogP contribution in [0.3, 0.4) is 0 Å². The Hall–Kier alpha value is -4.63. The van der Waals surface area contributed by atoms with Crippen molar-refractivity contribution in [3.05, 3.63) is 83.9 Å². The van der Waals surface area contributed by atoms with Gasteiger partial charge >= 0.3 is 11.9 Å². The van der Waals surface area contributed by atoms with Crippen molar-refractivity contribution in [2.24, 2.45) is 0 Å². The maximum Gasteiger partial charge on any atom is 0.310 e. The zero-order valence-electron chi connectivity index (χ0n) is 25.1. The van der Waals surface area contributed by atoms with Crippen molar-refractivity contribution in [1.82, 2.24) is 0 Å². The fraction of sp³-hybridized carbons (Fsp3) is 0.303. The highest BCUT2D eigenvalue weighted by molar-refractivity contribution is 5.87. The lowest BCUT2D eigenvalue weighted by molar-refractivity contribution is -0.864. The van der Waals surface area contributed by atoms with Crippen molar-refractivity contribution in [2.45, 2.75) is 25.7 Å². The van der Waals surface area contributed by atoms with E-state index >= 15 is 0 Å². The van der Waals surface area contributed by atoms with Crippen LogP contribution in [0.4, 0.5) is 0 Å². The molecule has 9 nitrogen and oxygen atoms in total. The number of likely N-dealkylation sites (N-methyl/N-ethyl adjacent to an activating group) is 1. The van der Waals surface area contributed by atoms with E-state index in [0.29, 0.717) is 4.48 Å². The van der Waals surface area contributed by atoms with E-state index in [4.69, 9.17) is 19.7 Å². The van der Waals surface area contributed by atoms with Gasteiger partial charge in [0.25, 0.3) is 0 Å². The van der Waals surface area contributed by atoms with Gasteiger partial charge in [0.05, 0.1) is 53.2 Å². The first kappa shape index (κ1) is 33.6. The number of quaternary nitrogens is 1. The lowest BCUT2D eigenvalue weighted by Gasteiger charge is -2.23. The molecule has 42 heavy (non-hydrogen) atoms. The van der Waals surface area contributed by atoms with Crippen LogP contribution in [0.15, 0.2) is 72.8 Å². The van der Waals surface area contributed by atoms with Crippen LogP contribution in [0, 0.1) is 0 Å². The molecule has 0 aliphatic rings. The number of carboxylic acid groups (broad SMARTS) is 3. The van der Waals surface area contributed by atoms with Crippen LogP contribution >= 0.6 is 0 Å². The van der Waals surface area contributed by atoms with E-state index in [2.05, 4.69) is 0 Å². The number of nitrogens with zero attached hydrogens (tertiary/aromatic N) is 1. The number of hydrogen-bond donors (Lipinski definition) is 2. The summed E-state index contributed by atoms with van der Waals surface area (Å²) >= 11 is 0. The van der Waals surface area contributed by atoms with Crippen LogP contribution in [0.25, 0.3) is 21.5 Å². The highest BCUT2D eigenvalue weighted by Crippen LogP contribution is 2.26. The minimum atomic E-state index is -1.00. The quantitative estimate of drug-likeness (QED) is 0.292. The summed E-state index contributed by atoms with van der Waals surface area (Å²) in [6.45, 7) is 3.44. The van der Waals surface area contributed by atoms with E-state index in [1.165, 1.54) is 0 Å². The Labute approximate surface area is 246 Å². The monoisotopic (exact) mass is 577 g/mol. The van der Waals surface area contributed by atoms with Gasteiger partial charge < -0.3 is 34.1 Å². The van der Waals surface area contributed by atoms with Crippen molar-refractivity contribution in [3.8, 4) is 11.5 Å². The summed E-state index contributed by atoms with van der Waals surface area (Å²) in [6, 6.07) is 22.9. The molecule has 0 heterocycles. The van der Waals surface area contributed by atoms with E-state index in [-0.39, 0.29) is 6.54 Å². The SMILES string of the molecule is COc1ccc2cc([C@H](C)C(=O)O)ccc2c1.COc1ccc2cc([C@H](C)C(=O)O)ccc2c1.C[N+](C)(C)CC(=O)[O-]. The number of benzene rings is 4. The Morgan fingerprint density at radius 1 is 0.667 bits per heavy atom. The lowest BCUT2D eigenvalue weighted by atomic mass is 9.98. The van der Waals surface area contributed by atoms with Crippen LogP contribution < -0.4 is 14.6 Å². The van der Waals surface area contributed by atoms with Crippen molar-refractivity contribution in [1.29, 1.82) is 0 Å². The van der Waals surface area contributed by atoms with Gasteiger partial charge in [-0.2, -0.15) is 0 Å². The number of aliphatic carboxylic acids is 3. The smallest absolute Gasteiger partial charge is 0.310 e. The molecule has 0 bridgehead atoms. The molecule has 224 valence electrons. The van der Waals surface area contributed by atoms with Gasteiger partial charge in [0.15, 0.2) is 0 Å². The van der Waals surface area contributed by atoms with Crippen LogP contribution in [0.5, 0.6) is 11.5 Å². The fourth-order valence-electron chi connectivity index (χ4n) is 3.95. The number of methoxy groups -OCH3 is 2. The first-order valence-electron chi connectivity index (χ1n) is 13.3. The largest absolute Gasteiger partial charge is 0.544 e. The second-order valence-corrected chi connectivity index (χ2v) is 10.9. The molecule has 0 aromatic heterocycles. The van der Waals surface area contributed by atoms with Gasteiger partial charge in [0, 0.05) is 0 Å². The highest BCUT2D eigenvalue weighted by atomic mass is 16.5. The zero-order chi connectivity index (χ0) is 31.6. The minimum Gasteiger partial charge on any atom is -0.544 e. The third-order valence-electron chi connectivity index (χ3n) is 6.49. The first-order chi connectivity index (χ1) is 19.6. The summed E-state index contributed by atoms with van der Waals surface area (Å²) < 4.78 is 10.7. The summed E-state index contributed by atoms with van der Waals surface area (Å²) in [5.74, 6) is -1.98. The van der Waals surface area contributed by atoms with E-state index in [1.807, 2.05) is 72.8 Å². The topological polar surface area (TPSA) is 133 Å². The van der Waals surface area contributed by atoms with Gasteiger partial charge in [0.2, 0.25) is 0 Å². The third-order valence-corrected chi connectivity index (χ3v) is 6.49. The molecule has 4 aromatic rings. The van der Waals surface area contributed by atoms with Crippen molar-refractivity contribution in [2.75, 3.05) is 41.9 Å². The van der Waals surface area contributed by atoms with Crippen LogP contribution in [0.2, 0.25) is 0 Å². The number of carbonyl (C=O) groups excluding carboxylic acids is 1. The number of ether oxygens (including phenoxy) is 2. The van der Waals surface area contributed by atoms with Crippen LogP contribution in [-0.2, 0) is 14.4 Å². The van der Waals surface area contributed by atoms with Crippen LogP contribution in [-0.4, -0.2) is 74.5 Å². The van der Waals surface area contributed by atoms with Gasteiger partial charge in [0.1, 0.15) is 18.0 Å². The molecule has 4 rings (SSSR count). The second-order valence-electron chi connectivity index (χ2n) is 10.9. The predicted molar refractivity (Wildman–Crippen MR) is 161 cm³/mol.